The van der Waals surface area contributed by atoms with Crippen molar-refractivity contribution in [3.8, 4) is 17.0 Å². The number of hydrogen-bond acceptors (Lipinski definition) is 4. The Hall–Kier alpha value is -3.21. The third-order valence-corrected chi connectivity index (χ3v) is 3.85. The van der Waals surface area contributed by atoms with Crippen LogP contribution in [0.4, 0.5) is 0 Å². The highest BCUT2D eigenvalue weighted by atomic mass is 16.5. The number of carbonyl (C=O) groups is 1. The topological polar surface area (TPSA) is 64.1 Å². The monoisotopic (exact) mass is 333 g/mol. The van der Waals surface area contributed by atoms with Crippen LogP contribution in [0.2, 0.25) is 0 Å². The van der Waals surface area contributed by atoms with Crippen molar-refractivity contribution in [1.82, 2.24) is 15.3 Å². The summed E-state index contributed by atoms with van der Waals surface area (Å²) in [7, 11) is 1.62. The van der Waals surface area contributed by atoms with E-state index < -0.39 is 0 Å². The molecule has 0 bridgehead atoms. The number of nitrogens with one attached hydrogen (secondary N) is 1. The van der Waals surface area contributed by atoms with Crippen LogP contribution in [0.5, 0.6) is 5.75 Å². The number of ether oxygens (including phenoxy) is 1. The SMILES string of the molecule is COc1ccccc1CNC(=O)c1ccc(-c2ccnc(C)n2)cc1. The standard InChI is InChI=1S/C20H19N3O2/c1-14-21-12-11-18(23-14)15-7-9-16(10-8-15)20(24)22-13-17-5-3-4-6-19(17)25-2/h3-12H,13H2,1-2H3,(H,22,24). The van der Waals surface area contributed by atoms with Crippen LogP contribution in [0.1, 0.15) is 21.7 Å². The Morgan fingerprint density at radius 3 is 2.56 bits per heavy atom. The van der Waals surface area contributed by atoms with Gasteiger partial charge in [0, 0.05) is 29.4 Å². The van der Waals surface area contributed by atoms with Gasteiger partial charge in [0.1, 0.15) is 11.6 Å². The van der Waals surface area contributed by atoms with E-state index in [1.165, 1.54) is 0 Å². The summed E-state index contributed by atoms with van der Waals surface area (Å²) in [5.41, 5.74) is 3.33. The van der Waals surface area contributed by atoms with Gasteiger partial charge in [-0.3, -0.25) is 4.79 Å². The first-order chi connectivity index (χ1) is 12.2. The van der Waals surface area contributed by atoms with Gasteiger partial charge in [-0.1, -0.05) is 30.3 Å². The first kappa shape index (κ1) is 16.6. The fourth-order valence-corrected chi connectivity index (χ4v) is 2.54. The Labute approximate surface area is 146 Å². The number of carbonyl (C=O) groups excluding carboxylic acids is 1. The van der Waals surface area contributed by atoms with Crippen LogP contribution >= 0.6 is 0 Å². The fourth-order valence-electron chi connectivity index (χ4n) is 2.54. The molecule has 1 amide bonds. The van der Waals surface area contributed by atoms with E-state index >= 15 is 0 Å². The van der Waals surface area contributed by atoms with Crippen molar-refractivity contribution in [2.75, 3.05) is 7.11 Å². The molecule has 3 aromatic rings. The van der Waals surface area contributed by atoms with Crippen LogP contribution in [0, 0.1) is 6.92 Å². The van der Waals surface area contributed by atoms with Gasteiger partial charge in [-0.25, -0.2) is 9.97 Å². The number of rotatable bonds is 5. The van der Waals surface area contributed by atoms with Crippen molar-refractivity contribution in [3.63, 3.8) is 0 Å². The molecule has 0 unspecified atom stereocenters. The summed E-state index contributed by atoms with van der Waals surface area (Å²) in [6.45, 7) is 2.26. The molecule has 0 aliphatic carbocycles. The van der Waals surface area contributed by atoms with Crippen molar-refractivity contribution in [2.45, 2.75) is 13.5 Å². The molecule has 3 rings (SSSR count). The van der Waals surface area contributed by atoms with Crippen LogP contribution in [-0.2, 0) is 6.54 Å². The molecule has 0 saturated carbocycles. The van der Waals surface area contributed by atoms with Crippen molar-refractivity contribution < 1.29 is 9.53 Å². The molecule has 5 heteroatoms. The van der Waals surface area contributed by atoms with E-state index in [0.29, 0.717) is 12.1 Å². The molecule has 126 valence electrons. The molecule has 1 N–H and O–H groups in total. The maximum Gasteiger partial charge on any atom is 0.251 e. The van der Waals surface area contributed by atoms with Gasteiger partial charge in [0.05, 0.1) is 12.8 Å². The molecule has 5 nitrogen and oxygen atoms in total. The third-order valence-electron chi connectivity index (χ3n) is 3.85. The zero-order valence-corrected chi connectivity index (χ0v) is 14.2. The maximum atomic E-state index is 12.3. The van der Waals surface area contributed by atoms with Gasteiger partial charge in [0.15, 0.2) is 0 Å². The highest BCUT2D eigenvalue weighted by Crippen LogP contribution is 2.18. The summed E-state index contributed by atoms with van der Waals surface area (Å²) in [6, 6.07) is 16.8. The largest absolute Gasteiger partial charge is 0.496 e. The van der Waals surface area contributed by atoms with Crippen LogP contribution in [0.3, 0.4) is 0 Å². The molecule has 1 heterocycles. The second-order valence-corrected chi connectivity index (χ2v) is 5.56. The molecule has 0 atom stereocenters. The Kier molecular flexibility index (Phi) is 5.04. The Morgan fingerprint density at radius 2 is 1.84 bits per heavy atom. The van der Waals surface area contributed by atoms with E-state index in [4.69, 9.17) is 4.74 Å². The first-order valence-electron chi connectivity index (χ1n) is 7.97. The van der Waals surface area contributed by atoms with Crippen LogP contribution < -0.4 is 10.1 Å². The van der Waals surface area contributed by atoms with Gasteiger partial charge >= 0.3 is 0 Å². The number of para-hydroxylation sites is 1. The fraction of sp³-hybridized carbons (Fsp3) is 0.150. The van der Waals surface area contributed by atoms with Crippen molar-refractivity contribution in [2.24, 2.45) is 0 Å². The Bertz CT molecular complexity index is 876. The van der Waals surface area contributed by atoms with E-state index in [1.54, 1.807) is 25.4 Å². The minimum absolute atomic E-state index is 0.128. The summed E-state index contributed by atoms with van der Waals surface area (Å²) in [5, 5.41) is 2.91. The van der Waals surface area contributed by atoms with Crippen molar-refractivity contribution in [3.05, 3.63) is 77.7 Å². The molecule has 25 heavy (non-hydrogen) atoms. The molecular weight excluding hydrogens is 314 g/mol. The van der Waals surface area contributed by atoms with Crippen molar-refractivity contribution >= 4 is 5.91 Å². The molecule has 0 radical (unpaired) electrons. The van der Waals surface area contributed by atoms with Gasteiger partial charge in [-0.15, -0.1) is 0 Å². The Balaban J connectivity index is 1.69. The van der Waals surface area contributed by atoms with Crippen LogP contribution in [-0.4, -0.2) is 23.0 Å². The normalized spacial score (nSPS) is 10.3. The molecule has 0 saturated heterocycles. The average molecular weight is 333 g/mol. The van der Waals surface area contributed by atoms with E-state index in [-0.39, 0.29) is 5.91 Å². The quantitative estimate of drug-likeness (QED) is 0.777. The number of aromatic nitrogens is 2. The number of nitrogens with zero attached hydrogens (tertiary/aromatic N) is 2. The number of hydrogen-bond donors (Lipinski definition) is 1. The minimum atomic E-state index is -0.128. The molecule has 0 aliphatic heterocycles. The summed E-state index contributed by atoms with van der Waals surface area (Å²) < 4.78 is 5.29. The molecular formula is C20H19N3O2. The highest BCUT2D eigenvalue weighted by Gasteiger charge is 2.08. The van der Waals surface area contributed by atoms with Crippen LogP contribution in [0.25, 0.3) is 11.3 Å². The minimum Gasteiger partial charge on any atom is -0.496 e. The summed E-state index contributed by atoms with van der Waals surface area (Å²) in [6.07, 6.45) is 1.73. The smallest absolute Gasteiger partial charge is 0.251 e. The van der Waals surface area contributed by atoms with Crippen molar-refractivity contribution in [1.29, 1.82) is 0 Å². The molecule has 0 aliphatic rings. The third kappa shape index (κ3) is 4.01. The zero-order chi connectivity index (χ0) is 17.6. The van der Waals surface area contributed by atoms with Gasteiger partial charge in [-0.2, -0.15) is 0 Å². The maximum absolute atomic E-state index is 12.3. The number of aryl methyl sites for hydroxylation is 1. The number of amides is 1. The van der Waals surface area contributed by atoms with Gasteiger partial charge in [0.25, 0.3) is 5.91 Å². The lowest BCUT2D eigenvalue weighted by atomic mass is 10.1. The second kappa shape index (κ2) is 7.57. The Morgan fingerprint density at radius 1 is 1.08 bits per heavy atom. The predicted octanol–water partition coefficient (Wildman–Crippen LogP) is 3.39. The lowest BCUT2D eigenvalue weighted by Gasteiger charge is -2.10. The van der Waals surface area contributed by atoms with Crippen LogP contribution in [0.15, 0.2) is 60.8 Å². The van der Waals surface area contributed by atoms with E-state index in [9.17, 15) is 4.79 Å². The molecule has 2 aromatic carbocycles. The van der Waals surface area contributed by atoms with Gasteiger partial charge in [-0.05, 0) is 31.2 Å². The van der Waals surface area contributed by atoms with E-state index in [0.717, 1.165) is 28.4 Å². The predicted molar refractivity (Wildman–Crippen MR) is 96.4 cm³/mol. The molecule has 0 fully saturated rings. The summed E-state index contributed by atoms with van der Waals surface area (Å²) in [4.78, 5) is 20.8. The summed E-state index contributed by atoms with van der Waals surface area (Å²) >= 11 is 0. The molecule has 1 aromatic heterocycles. The molecule has 0 spiro atoms. The van der Waals surface area contributed by atoms with E-state index in [1.807, 2.05) is 49.4 Å². The van der Waals surface area contributed by atoms with Gasteiger partial charge in [0.2, 0.25) is 0 Å². The summed E-state index contributed by atoms with van der Waals surface area (Å²) in [5.74, 6) is 1.35. The average Bonchev–Trinajstić information content (AvgIpc) is 2.66. The van der Waals surface area contributed by atoms with E-state index in [2.05, 4.69) is 15.3 Å². The van der Waals surface area contributed by atoms with Gasteiger partial charge < -0.3 is 10.1 Å². The number of methoxy groups -OCH3 is 1. The number of benzene rings is 2. The lowest BCUT2D eigenvalue weighted by molar-refractivity contribution is 0.0950. The highest BCUT2D eigenvalue weighted by molar-refractivity contribution is 5.94. The second-order valence-electron chi connectivity index (χ2n) is 5.56. The first-order valence-corrected chi connectivity index (χ1v) is 7.97. The zero-order valence-electron chi connectivity index (χ0n) is 14.2. The lowest BCUT2D eigenvalue weighted by Crippen LogP contribution is -2.22.